The van der Waals surface area contributed by atoms with Crippen molar-refractivity contribution >= 4 is 33.3 Å². The van der Waals surface area contributed by atoms with E-state index in [4.69, 9.17) is 4.74 Å². The smallest absolute Gasteiger partial charge is 0.348 e. The molecule has 130 valence electrons. The largest absolute Gasteiger partial charge is 0.462 e. The van der Waals surface area contributed by atoms with Gasteiger partial charge in [0.15, 0.2) is 0 Å². The average Bonchev–Trinajstić information content (AvgIpc) is 2.93. The average molecular weight is 348 g/mol. The fraction of sp³-hybridized carbons (Fsp3) is 0.588. The molecule has 0 bridgehead atoms. The van der Waals surface area contributed by atoms with Gasteiger partial charge in [-0.25, -0.2) is 14.8 Å². The van der Waals surface area contributed by atoms with Gasteiger partial charge in [-0.1, -0.05) is 6.92 Å². The van der Waals surface area contributed by atoms with Crippen LogP contribution in [0, 0.1) is 6.92 Å². The summed E-state index contributed by atoms with van der Waals surface area (Å²) in [5, 5.41) is 0.995. The highest BCUT2D eigenvalue weighted by atomic mass is 32.1. The first-order chi connectivity index (χ1) is 11.7. The number of aromatic nitrogens is 2. The predicted molar refractivity (Wildman–Crippen MR) is 97.1 cm³/mol. The van der Waals surface area contributed by atoms with Crippen LogP contribution in [0.5, 0.6) is 0 Å². The Kier molecular flexibility index (Phi) is 5.30. The molecule has 2 aromatic rings. The van der Waals surface area contributed by atoms with Gasteiger partial charge >= 0.3 is 5.97 Å². The number of piperazine rings is 1. The minimum Gasteiger partial charge on any atom is -0.462 e. The summed E-state index contributed by atoms with van der Waals surface area (Å²) >= 11 is 1.40. The Morgan fingerprint density at radius 3 is 2.67 bits per heavy atom. The van der Waals surface area contributed by atoms with Gasteiger partial charge in [-0.05, 0) is 32.4 Å². The summed E-state index contributed by atoms with van der Waals surface area (Å²) < 4.78 is 5.17. The standard InChI is InChI=1S/C17H24N4O2S/c1-4-6-20-7-9-21(10-8-20)15-13-12(3)14(17(22)23-5-2)24-16(13)19-11-18-15/h11H,4-10H2,1-3H3. The van der Waals surface area contributed by atoms with Crippen molar-refractivity contribution in [3.05, 3.63) is 16.8 Å². The Labute approximate surface area is 146 Å². The van der Waals surface area contributed by atoms with E-state index in [-0.39, 0.29) is 5.97 Å². The molecule has 0 aromatic carbocycles. The van der Waals surface area contributed by atoms with E-state index < -0.39 is 0 Å². The van der Waals surface area contributed by atoms with Crippen molar-refractivity contribution in [2.75, 3.05) is 44.2 Å². The van der Waals surface area contributed by atoms with Crippen molar-refractivity contribution in [3.8, 4) is 0 Å². The number of carbonyl (C=O) groups excluding carboxylic acids is 1. The highest BCUT2D eigenvalue weighted by Gasteiger charge is 2.24. The van der Waals surface area contributed by atoms with E-state index in [0.29, 0.717) is 11.5 Å². The maximum atomic E-state index is 12.2. The molecule has 0 spiro atoms. The summed E-state index contributed by atoms with van der Waals surface area (Å²) in [5.41, 5.74) is 0.931. The van der Waals surface area contributed by atoms with Crippen LogP contribution in [0.4, 0.5) is 5.82 Å². The van der Waals surface area contributed by atoms with Crippen molar-refractivity contribution in [2.24, 2.45) is 0 Å². The van der Waals surface area contributed by atoms with Crippen molar-refractivity contribution in [2.45, 2.75) is 27.2 Å². The Morgan fingerprint density at radius 2 is 2.00 bits per heavy atom. The molecule has 1 aliphatic rings. The van der Waals surface area contributed by atoms with Gasteiger partial charge in [0.2, 0.25) is 0 Å². The van der Waals surface area contributed by atoms with Crippen LogP contribution in [0.2, 0.25) is 0 Å². The molecule has 3 rings (SSSR count). The van der Waals surface area contributed by atoms with E-state index in [1.165, 1.54) is 17.8 Å². The number of hydrogen-bond donors (Lipinski definition) is 0. The Morgan fingerprint density at radius 1 is 1.25 bits per heavy atom. The van der Waals surface area contributed by atoms with Crippen molar-refractivity contribution < 1.29 is 9.53 Å². The van der Waals surface area contributed by atoms with Crippen LogP contribution < -0.4 is 4.90 Å². The first kappa shape index (κ1) is 17.1. The summed E-state index contributed by atoms with van der Waals surface area (Å²) in [6, 6.07) is 0. The zero-order chi connectivity index (χ0) is 17.1. The molecule has 3 heterocycles. The zero-order valence-corrected chi connectivity index (χ0v) is 15.4. The molecule has 0 aliphatic carbocycles. The Bertz CT molecular complexity index is 723. The summed E-state index contributed by atoms with van der Waals surface area (Å²) in [7, 11) is 0. The molecule has 1 aliphatic heterocycles. The quantitative estimate of drug-likeness (QED) is 0.775. The highest BCUT2D eigenvalue weighted by molar-refractivity contribution is 7.20. The fourth-order valence-corrected chi connectivity index (χ4v) is 4.22. The predicted octanol–water partition coefficient (Wildman–Crippen LogP) is 2.71. The molecule has 0 atom stereocenters. The number of aryl methyl sites for hydroxylation is 1. The fourth-order valence-electron chi connectivity index (χ4n) is 3.18. The number of ether oxygens (including phenoxy) is 1. The van der Waals surface area contributed by atoms with Gasteiger partial charge < -0.3 is 9.64 Å². The van der Waals surface area contributed by atoms with Gasteiger partial charge in [0.25, 0.3) is 0 Å². The van der Waals surface area contributed by atoms with E-state index >= 15 is 0 Å². The molecule has 0 amide bonds. The maximum absolute atomic E-state index is 12.2. The number of rotatable bonds is 5. The zero-order valence-electron chi connectivity index (χ0n) is 14.5. The van der Waals surface area contributed by atoms with Crippen LogP contribution in [0.15, 0.2) is 6.33 Å². The molecule has 24 heavy (non-hydrogen) atoms. The molecule has 0 saturated carbocycles. The first-order valence-corrected chi connectivity index (χ1v) is 9.35. The van der Waals surface area contributed by atoms with Crippen LogP contribution in [-0.2, 0) is 4.74 Å². The van der Waals surface area contributed by atoms with Crippen LogP contribution in [0.1, 0.15) is 35.5 Å². The van der Waals surface area contributed by atoms with Crippen LogP contribution >= 0.6 is 11.3 Å². The second-order valence-electron chi connectivity index (χ2n) is 5.98. The third-order valence-electron chi connectivity index (χ3n) is 4.38. The second kappa shape index (κ2) is 7.44. The SMILES string of the molecule is CCCN1CCN(c2ncnc3sc(C(=O)OCC)c(C)c23)CC1. The monoisotopic (exact) mass is 348 g/mol. The maximum Gasteiger partial charge on any atom is 0.348 e. The van der Waals surface area contributed by atoms with Crippen molar-refractivity contribution in [3.63, 3.8) is 0 Å². The number of carbonyl (C=O) groups is 1. The van der Waals surface area contributed by atoms with E-state index in [9.17, 15) is 4.79 Å². The summed E-state index contributed by atoms with van der Waals surface area (Å²) in [6.45, 7) is 11.5. The number of anilines is 1. The molecule has 7 heteroatoms. The third kappa shape index (κ3) is 3.23. The summed E-state index contributed by atoms with van der Waals surface area (Å²) in [4.78, 5) is 27.3. The lowest BCUT2D eigenvalue weighted by Crippen LogP contribution is -2.46. The van der Waals surface area contributed by atoms with Gasteiger partial charge in [0.05, 0.1) is 12.0 Å². The minimum atomic E-state index is -0.267. The number of fused-ring (bicyclic) bond motifs is 1. The number of thiophene rings is 1. The Balaban J connectivity index is 1.90. The summed E-state index contributed by atoms with van der Waals surface area (Å²) in [5.74, 6) is 0.678. The van der Waals surface area contributed by atoms with E-state index in [0.717, 1.165) is 54.3 Å². The molecular formula is C17H24N4O2S. The van der Waals surface area contributed by atoms with E-state index in [1.807, 2.05) is 13.8 Å². The van der Waals surface area contributed by atoms with E-state index in [2.05, 4.69) is 26.7 Å². The molecule has 1 fully saturated rings. The van der Waals surface area contributed by atoms with Crippen LogP contribution in [0.3, 0.4) is 0 Å². The van der Waals surface area contributed by atoms with Gasteiger partial charge in [0, 0.05) is 26.2 Å². The first-order valence-electron chi connectivity index (χ1n) is 8.54. The van der Waals surface area contributed by atoms with Crippen LogP contribution in [0.25, 0.3) is 10.2 Å². The van der Waals surface area contributed by atoms with Crippen molar-refractivity contribution in [1.29, 1.82) is 0 Å². The molecule has 0 unspecified atom stereocenters. The lowest BCUT2D eigenvalue weighted by atomic mass is 10.2. The van der Waals surface area contributed by atoms with Crippen molar-refractivity contribution in [1.82, 2.24) is 14.9 Å². The molecule has 6 nitrogen and oxygen atoms in total. The Hall–Kier alpha value is -1.73. The molecule has 0 radical (unpaired) electrons. The second-order valence-corrected chi connectivity index (χ2v) is 6.98. The topological polar surface area (TPSA) is 58.6 Å². The number of hydrogen-bond acceptors (Lipinski definition) is 7. The number of nitrogens with zero attached hydrogens (tertiary/aromatic N) is 4. The van der Waals surface area contributed by atoms with E-state index in [1.54, 1.807) is 6.33 Å². The van der Waals surface area contributed by atoms with Crippen LogP contribution in [-0.4, -0.2) is 60.2 Å². The highest BCUT2D eigenvalue weighted by Crippen LogP contribution is 2.35. The lowest BCUT2D eigenvalue weighted by Gasteiger charge is -2.35. The summed E-state index contributed by atoms with van der Waals surface area (Å²) in [6.07, 6.45) is 2.78. The van der Waals surface area contributed by atoms with Gasteiger partial charge in [0.1, 0.15) is 21.9 Å². The molecule has 2 aromatic heterocycles. The molecule has 1 saturated heterocycles. The van der Waals surface area contributed by atoms with Gasteiger partial charge in [-0.15, -0.1) is 11.3 Å². The minimum absolute atomic E-state index is 0.267. The molecular weight excluding hydrogens is 324 g/mol. The lowest BCUT2D eigenvalue weighted by molar-refractivity contribution is 0.0531. The third-order valence-corrected chi connectivity index (χ3v) is 5.56. The normalized spacial score (nSPS) is 15.9. The molecule has 0 N–H and O–H groups in total. The number of esters is 1. The van der Waals surface area contributed by atoms with Gasteiger partial charge in [-0.3, -0.25) is 4.90 Å². The van der Waals surface area contributed by atoms with Gasteiger partial charge in [-0.2, -0.15) is 0 Å².